The Morgan fingerprint density at radius 1 is 1.43 bits per heavy atom. The topological polar surface area (TPSA) is 49.9 Å². The summed E-state index contributed by atoms with van der Waals surface area (Å²) in [5.74, 6) is 0.387. The number of hydrogen-bond donors (Lipinski definition) is 0. The SMILES string of the molecule is COC1CN(C)C(=O)C2(CCN(C(=O)Cc3cccs3)CC2)C1. The van der Waals surface area contributed by atoms with Crippen LogP contribution in [0.5, 0.6) is 0 Å². The van der Waals surface area contributed by atoms with Crippen molar-refractivity contribution < 1.29 is 14.3 Å². The predicted octanol–water partition coefficient (Wildman–Crippen LogP) is 1.78. The number of piperidine rings is 2. The lowest BCUT2D eigenvalue weighted by atomic mass is 9.71. The van der Waals surface area contributed by atoms with Crippen LogP contribution < -0.4 is 0 Å². The number of thiophene rings is 1. The van der Waals surface area contributed by atoms with Gasteiger partial charge in [0.05, 0.1) is 17.9 Å². The van der Waals surface area contributed by atoms with Gasteiger partial charge in [-0.2, -0.15) is 0 Å². The van der Waals surface area contributed by atoms with E-state index in [2.05, 4.69) is 0 Å². The van der Waals surface area contributed by atoms with E-state index in [0.29, 0.717) is 26.1 Å². The molecule has 6 heteroatoms. The van der Waals surface area contributed by atoms with E-state index in [1.165, 1.54) is 0 Å². The Labute approximate surface area is 141 Å². The Morgan fingerprint density at radius 2 is 2.17 bits per heavy atom. The van der Waals surface area contributed by atoms with Crippen molar-refractivity contribution in [3.63, 3.8) is 0 Å². The van der Waals surface area contributed by atoms with E-state index in [9.17, 15) is 9.59 Å². The number of methoxy groups -OCH3 is 1. The molecule has 1 atom stereocenters. The Hall–Kier alpha value is -1.40. The first-order valence-corrected chi connectivity index (χ1v) is 9.00. The van der Waals surface area contributed by atoms with Crippen molar-refractivity contribution in [2.75, 3.05) is 33.8 Å². The molecule has 3 rings (SSSR count). The molecule has 2 fully saturated rings. The first-order chi connectivity index (χ1) is 11.0. The second-order valence-corrected chi connectivity index (χ2v) is 7.70. The van der Waals surface area contributed by atoms with Crippen LogP contribution in [0, 0.1) is 5.41 Å². The Morgan fingerprint density at radius 3 is 2.78 bits per heavy atom. The third-order valence-electron chi connectivity index (χ3n) is 5.21. The molecule has 0 bridgehead atoms. The average Bonchev–Trinajstić information content (AvgIpc) is 3.05. The van der Waals surface area contributed by atoms with E-state index in [-0.39, 0.29) is 23.3 Å². The standard InChI is InChI=1S/C17H24N2O3S/c1-18-12-13(22-2)11-17(16(18)21)5-7-19(8-6-17)15(20)10-14-4-3-9-23-14/h3-4,9,13H,5-8,10-12H2,1-2H3. The zero-order valence-corrected chi connectivity index (χ0v) is 14.6. The number of nitrogens with zero attached hydrogens (tertiary/aromatic N) is 2. The van der Waals surface area contributed by atoms with E-state index >= 15 is 0 Å². The predicted molar refractivity (Wildman–Crippen MR) is 89.3 cm³/mol. The summed E-state index contributed by atoms with van der Waals surface area (Å²) in [6.45, 7) is 2.00. The fraction of sp³-hybridized carbons (Fsp3) is 0.647. The lowest BCUT2D eigenvalue weighted by molar-refractivity contribution is -0.158. The normalized spacial score (nSPS) is 24.3. The van der Waals surface area contributed by atoms with Crippen LogP contribution in [-0.2, 0) is 20.7 Å². The summed E-state index contributed by atoms with van der Waals surface area (Å²) in [4.78, 5) is 29.9. The molecule has 0 aromatic carbocycles. The van der Waals surface area contributed by atoms with Crippen LogP contribution in [0.4, 0.5) is 0 Å². The fourth-order valence-electron chi connectivity index (χ4n) is 3.81. The summed E-state index contributed by atoms with van der Waals surface area (Å²) in [5, 5.41) is 2.00. The summed E-state index contributed by atoms with van der Waals surface area (Å²) in [7, 11) is 3.56. The van der Waals surface area contributed by atoms with Gasteiger partial charge < -0.3 is 14.5 Å². The Bertz CT molecular complexity index is 564. The summed E-state index contributed by atoms with van der Waals surface area (Å²) in [6, 6.07) is 3.97. The van der Waals surface area contributed by atoms with Crippen molar-refractivity contribution in [3.8, 4) is 0 Å². The van der Waals surface area contributed by atoms with Crippen LogP contribution in [0.15, 0.2) is 17.5 Å². The lowest BCUT2D eigenvalue weighted by Gasteiger charge is -2.47. The van der Waals surface area contributed by atoms with Crippen LogP contribution in [0.25, 0.3) is 0 Å². The van der Waals surface area contributed by atoms with Crippen molar-refractivity contribution in [3.05, 3.63) is 22.4 Å². The molecule has 5 nitrogen and oxygen atoms in total. The van der Waals surface area contributed by atoms with E-state index in [0.717, 1.165) is 24.1 Å². The van der Waals surface area contributed by atoms with Gasteiger partial charge in [-0.05, 0) is 30.7 Å². The largest absolute Gasteiger partial charge is 0.380 e. The third kappa shape index (κ3) is 3.28. The molecule has 126 valence electrons. The lowest BCUT2D eigenvalue weighted by Crippen LogP contribution is -2.57. The molecule has 2 amide bonds. The number of hydrogen-bond acceptors (Lipinski definition) is 4. The molecule has 1 spiro atoms. The number of ether oxygens (including phenoxy) is 1. The maximum Gasteiger partial charge on any atom is 0.228 e. The van der Waals surface area contributed by atoms with Gasteiger partial charge >= 0.3 is 0 Å². The highest BCUT2D eigenvalue weighted by Gasteiger charge is 2.48. The highest BCUT2D eigenvalue weighted by molar-refractivity contribution is 7.10. The molecule has 23 heavy (non-hydrogen) atoms. The monoisotopic (exact) mass is 336 g/mol. The minimum atomic E-state index is -0.340. The first kappa shape index (κ1) is 16.5. The third-order valence-corrected chi connectivity index (χ3v) is 6.08. The molecule has 2 aliphatic rings. The second-order valence-electron chi connectivity index (χ2n) is 6.66. The fourth-order valence-corrected chi connectivity index (χ4v) is 4.51. The van der Waals surface area contributed by atoms with Crippen molar-refractivity contribution in [2.24, 2.45) is 5.41 Å². The maximum atomic E-state index is 12.7. The zero-order valence-electron chi connectivity index (χ0n) is 13.8. The van der Waals surface area contributed by atoms with Gasteiger partial charge in [-0.3, -0.25) is 9.59 Å². The van der Waals surface area contributed by atoms with Crippen LogP contribution in [-0.4, -0.2) is 61.5 Å². The summed E-state index contributed by atoms with van der Waals surface area (Å²) >= 11 is 1.62. The van der Waals surface area contributed by atoms with Crippen molar-refractivity contribution in [2.45, 2.75) is 31.8 Å². The molecular formula is C17H24N2O3S. The van der Waals surface area contributed by atoms with Crippen molar-refractivity contribution >= 4 is 23.2 Å². The molecule has 0 radical (unpaired) electrons. The number of carbonyl (C=O) groups is 2. The second kappa shape index (κ2) is 6.61. The number of rotatable bonds is 3. The number of amides is 2. The molecule has 2 aliphatic heterocycles. The minimum absolute atomic E-state index is 0.103. The van der Waals surface area contributed by atoms with E-state index < -0.39 is 0 Å². The minimum Gasteiger partial charge on any atom is -0.380 e. The van der Waals surface area contributed by atoms with E-state index in [4.69, 9.17) is 4.74 Å². The average molecular weight is 336 g/mol. The van der Waals surface area contributed by atoms with Gasteiger partial charge in [-0.25, -0.2) is 0 Å². The summed E-state index contributed by atoms with van der Waals surface area (Å²) in [6.07, 6.45) is 2.84. The molecule has 2 saturated heterocycles. The molecule has 1 aromatic rings. The van der Waals surface area contributed by atoms with Crippen molar-refractivity contribution in [1.29, 1.82) is 0 Å². The van der Waals surface area contributed by atoms with Gasteiger partial charge in [0.1, 0.15) is 0 Å². The van der Waals surface area contributed by atoms with Gasteiger partial charge in [-0.1, -0.05) is 6.07 Å². The van der Waals surface area contributed by atoms with Gasteiger partial charge in [0.25, 0.3) is 0 Å². The molecule has 0 aliphatic carbocycles. The molecule has 0 saturated carbocycles. The number of carbonyl (C=O) groups excluding carboxylic acids is 2. The van der Waals surface area contributed by atoms with Gasteiger partial charge in [-0.15, -0.1) is 11.3 Å². The highest BCUT2D eigenvalue weighted by atomic mass is 32.1. The van der Waals surface area contributed by atoms with Gasteiger partial charge in [0.2, 0.25) is 11.8 Å². The summed E-state index contributed by atoms with van der Waals surface area (Å²) in [5.41, 5.74) is -0.340. The molecule has 1 unspecified atom stereocenters. The first-order valence-electron chi connectivity index (χ1n) is 8.12. The quantitative estimate of drug-likeness (QED) is 0.845. The van der Waals surface area contributed by atoms with E-state index in [1.54, 1.807) is 23.3 Å². The molecular weight excluding hydrogens is 312 g/mol. The van der Waals surface area contributed by atoms with Crippen LogP contribution in [0.1, 0.15) is 24.1 Å². The number of likely N-dealkylation sites (N-methyl/N-ethyl adjacent to an activating group) is 1. The van der Waals surface area contributed by atoms with Crippen molar-refractivity contribution in [1.82, 2.24) is 9.80 Å². The van der Waals surface area contributed by atoms with Crippen LogP contribution in [0.3, 0.4) is 0 Å². The van der Waals surface area contributed by atoms with Gasteiger partial charge in [0, 0.05) is 38.7 Å². The van der Waals surface area contributed by atoms with Gasteiger partial charge in [0.15, 0.2) is 0 Å². The summed E-state index contributed by atoms with van der Waals surface area (Å²) < 4.78 is 5.51. The zero-order chi connectivity index (χ0) is 16.4. The number of likely N-dealkylation sites (tertiary alicyclic amines) is 2. The van der Waals surface area contributed by atoms with Crippen LogP contribution >= 0.6 is 11.3 Å². The Balaban J connectivity index is 1.62. The maximum absolute atomic E-state index is 12.7. The smallest absolute Gasteiger partial charge is 0.228 e. The Kier molecular flexibility index (Phi) is 4.73. The van der Waals surface area contributed by atoms with Crippen LogP contribution in [0.2, 0.25) is 0 Å². The molecule has 0 N–H and O–H groups in total. The molecule has 1 aromatic heterocycles. The molecule has 3 heterocycles. The highest BCUT2D eigenvalue weighted by Crippen LogP contribution is 2.41. The van der Waals surface area contributed by atoms with E-state index in [1.807, 2.05) is 29.5 Å².